The molecule has 0 aliphatic carbocycles. The predicted octanol–water partition coefficient (Wildman–Crippen LogP) is 2.62. The number of nitrogens with zero attached hydrogens (tertiary/aromatic N) is 1. The first-order valence-corrected chi connectivity index (χ1v) is 7.52. The molecule has 1 aromatic heterocycles. The standard InChI is InChI=1S/C18H18N2O4/c1-22-10-11-24-14-9-8-13-15(16(14)23-2)19-17(20-18(13)21)12-6-4-3-5-7-12/h3-9H,10-11H2,1-2H3,(H,19,20,21). The monoisotopic (exact) mass is 326 g/mol. The van der Waals surface area contributed by atoms with E-state index in [1.165, 1.54) is 7.11 Å². The molecule has 0 radical (unpaired) electrons. The zero-order valence-electron chi connectivity index (χ0n) is 13.5. The van der Waals surface area contributed by atoms with E-state index < -0.39 is 0 Å². The number of aromatic nitrogens is 2. The van der Waals surface area contributed by atoms with Gasteiger partial charge in [-0.1, -0.05) is 30.3 Å². The van der Waals surface area contributed by atoms with Crippen LogP contribution in [0.25, 0.3) is 22.3 Å². The summed E-state index contributed by atoms with van der Waals surface area (Å²) in [5, 5.41) is 0.450. The molecule has 0 saturated carbocycles. The van der Waals surface area contributed by atoms with E-state index in [1.807, 2.05) is 30.3 Å². The maximum Gasteiger partial charge on any atom is 0.259 e. The molecule has 6 nitrogen and oxygen atoms in total. The average Bonchev–Trinajstić information content (AvgIpc) is 2.62. The van der Waals surface area contributed by atoms with Gasteiger partial charge in [-0.15, -0.1) is 0 Å². The summed E-state index contributed by atoms with van der Waals surface area (Å²) in [5.74, 6) is 1.45. The summed E-state index contributed by atoms with van der Waals surface area (Å²) in [4.78, 5) is 19.8. The van der Waals surface area contributed by atoms with Crippen LogP contribution in [0.1, 0.15) is 0 Å². The maximum absolute atomic E-state index is 12.4. The molecule has 6 heteroatoms. The molecule has 0 aliphatic heterocycles. The van der Waals surface area contributed by atoms with Crippen LogP contribution in [0.5, 0.6) is 11.5 Å². The first kappa shape index (κ1) is 16.0. The zero-order chi connectivity index (χ0) is 16.9. The highest BCUT2D eigenvalue weighted by atomic mass is 16.5. The Morgan fingerprint density at radius 3 is 2.54 bits per heavy atom. The van der Waals surface area contributed by atoms with Crippen molar-refractivity contribution in [1.29, 1.82) is 0 Å². The number of fused-ring (bicyclic) bond motifs is 1. The van der Waals surface area contributed by atoms with Crippen molar-refractivity contribution in [2.75, 3.05) is 27.4 Å². The van der Waals surface area contributed by atoms with Gasteiger partial charge in [-0.2, -0.15) is 0 Å². The van der Waals surface area contributed by atoms with Gasteiger partial charge in [0.25, 0.3) is 5.56 Å². The summed E-state index contributed by atoms with van der Waals surface area (Å²) < 4.78 is 16.1. The molecule has 0 atom stereocenters. The van der Waals surface area contributed by atoms with Crippen molar-refractivity contribution in [1.82, 2.24) is 9.97 Å². The Morgan fingerprint density at radius 2 is 1.83 bits per heavy atom. The molecule has 124 valence electrons. The van der Waals surface area contributed by atoms with Crippen molar-refractivity contribution >= 4 is 10.9 Å². The largest absolute Gasteiger partial charge is 0.491 e. The summed E-state index contributed by atoms with van der Waals surface area (Å²) in [7, 11) is 3.14. The lowest BCUT2D eigenvalue weighted by atomic mass is 10.1. The van der Waals surface area contributed by atoms with Gasteiger partial charge in [-0.25, -0.2) is 4.98 Å². The Hall–Kier alpha value is -2.86. The number of benzene rings is 2. The molecule has 0 bridgehead atoms. The Bertz CT molecular complexity index is 891. The van der Waals surface area contributed by atoms with Gasteiger partial charge in [0.2, 0.25) is 0 Å². The number of ether oxygens (including phenoxy) is 3. The number of rotatable bonds is 6. The molecule has 0 fully saturated rings. The topological polar surface area (TPSA) is 73.4 Å². The number of hydrogen-bond acceptors (Lipinski definition) is 5. The third-order valence-corrected chi connectivity index (χ3v) is 3.59. The van der Waals surface area contributed by atoms with E-state index in [2.05, 4.69) is 9.97 Å². The fraction of sp³-hybridized carbons (Fsp3) is 0.222. The van der Waals surface area contributed by atoms with Gasteiger partial charge in [-0.3, -0.25) is 4.79 Å². The lowest BCUT2D eigenvalue weighted by Gasteiger charge is -2.12. The van der Waals surface area contributed by atoms with Crippen LogP contribution in [0.4, 0.5) is 0 Å². The van der Waals surface area contributed by atoms with E-state index >= 15 is 0 Å². The van der Waals surface area contributed by atoms with Gasteiger partial charge in [0.05, 0.1) is 19.1 Å². The summed E-state index contributed by atoms with van der Waals surface area (Å²) in [5.41, 5.74) is 1.07. The van der Waals surface area contributed by atoms with Crippen LogP contribution < -0.4 is 15.0 Å². The van der Waals surface area contributed by atoms with Crippen LogP contribution >= 0.6 is 0 Å². The molecule has 0 unspecified atom stereocenters. The van der Waals surface area contributed by atoms with Crippen LogP contribution in [0.2, 0.25) is 0 Å². The summed E-state index contributed by atoms with van der Waals surface area (Å²) in [6.07, 6.45) is 0. The Kier molecular flexibility index (Phi) is 4.77. The van der Waals surface area contributed by atoms with Crippen molar-refractivity contribution < 1.29 is 14.2 Å². The molecule has 3 rings (SSSR count). The van der Waals surface area contributed by atoms with E-state index in [1.54, 1.807) is 19.2 Å². The van der Waals surface area contributed by atoms with E-state index in [9.17, 15) is 4.79 Å². The Labute approximate surface area is 139 Å². The molecule has 1 N–H and O–H groups in total. The van der Waals surface area contributed by atoms with Crippen molar-refractivity contribution in [3.63, 3.8) is 0 Å². The molecule has 24 heavy (non-hydrogen) atoms. The number of nitrogens with one attached hydrogen (secondary N) is 1. The van der Waals surface area contributed by atoms with Crippen LogP contribution in [0.3, 0.4) is 0 Å². The molecule has 1 heterocycles. The molecule has 0 saturated heterocycles. The van der Waals surface area contributed by atoms with Crippen LogP contribution in [-0.2, 0) is 4.74 Å². The van der Waals surface area contributed by atoms with Crippen LogP contribution in [0.15, 0.2) is 47.3 Å². The SMILES string of the molecule is COCCOc1ccc2c(=O)[nH]c(-c3ccccc3)nc2c1OC. The summed E-state index contributed by atoms with van der Waals surface area (Å²) in [6, 6.07) is 12.8. The van der Waals surface area contributed by atoms with E-state index in [0.717, 1.165) is 5.56 Å². The Morgan fingerprint density at radius 1 is 1.04 bits per heavy atom. The van der Waals surface area contributed by atoms with Crippen molar-refractivity contribution in [3.8, 4) is 22.9 Å². The zero-order valence-corrected chi connectivity index (χ0v) is 13.5. The highest BCUT2D eigenvalue weighted by Crippen LogP contribution is 2.33. The normalized spacial score (nSPS) is 10.8. The molecule has 0 amide bonds. The van der Waals surface area contributed by atoms with Gasteiger partial charge >= 0.3 is 0 Å². The summed E-state index contributed by atoms with van der Waals surface area (Å²) >= 11 is 0. The number of H-pyrrole nitrogens is 1. The van der Waals surface area contributed by atoms with Gasteiger partial charge in [0.1, 0.15) is 17.9 Å². The molecule has 2 aromatic carbocycles. The molecule has 0 spiro atoms. The smallest absolute Gasteiger partial charge is 0.259 e. The second-order valence-electron chi connectivity index (χ2n) is 5.11. The minimum atomic E-state index is -0.222. The molecular weight excluding hydrogens is 308 g/mol. The van der Waals surface area contributed by atoms with Crippen LogP contribution in [-0.4, -0.2) is 37.4 Å². The second kappa shape index (κ2) is 7.14. The van der Waals surface area contributed by atoms with Crippen molar-refractivity contribution in [2.45, 2.75) is 0 Å². The van der Waals surface area contributed by atoms with E-state index in [0.29, 0.717) is 41.4 Å². The third kappa shape index (κ3) is 3.09. The summed E-state index contributed by atoms with van der Waals surface area (Å²) in [6.45, 7) is 0.840. The van der Waals surface area contributed by atoms with Gasteiger partial charge < -0.3 is 19.2 Å². The van der Waals surface area contributed by atoms with Gasteiger partial charge in [0, 0.05) is 12.7 Å². The van der Waals surface area contributed by atoms with Gasteiger partial charge in [0.15, 0.2) is 11.5 Å². The minimum absolute atomic E-state index is 0.222. The minimum Gasteiger partial charge on any atom is -0.491 e. The number of methoxy groups -OCH3 is 2. The highest BCUT2D eigenvalue weighted by molar-refractivity contribution is 5.87. The fourth-order valence-electron chi connectivity index (χ4n) is 2.44. The highest BCUT2D eigenvalue weighted by Gasteiger charge is 2.15. The Balaban J connectivity index is 2.14. The van der Waals surface area contributed by atoms with Crippen molar-refractivity contribution in [3.05, 3.63) is 52.8 Å². The van der Waals surface area contributed by atoms with Crippen LogP contribution in [0, 0.1) is 0 Å². The number of hydrogen-bond donors (Lipinski definition) is 1. The lowest BCUT2D eigenvalue weighted by Crippen LogP contribution is -2.11. The third-order valence-electron chi connectivity index (χ3n) is 3.59. The van der Waals surface area contributed by atoms with E-state index in [-0.39, 0.29) is 5.56 Å². The molecular formula is C18H18N2O4. The molecule has 0 aliphatic rings. The first-order valence-electron chi connectivity index (χ1n) is 7.52. The lowest BCUT2D eigenvalue weighted by molar-refractivity contribution is 0.144. The fourth-order valence-corrected chi connectivity index (χ4v) is 2.44. The maximum atomic E-state index is 12.4. The van der Waals surface area contributed by atoms with Gasteiger partial charge in [-0.05, 0) is 12.1 Å². The van der Waals surface area contributed by atoms with Crippen molar-refractivity contribution in [2.24, 2.45) is 0 Å². The quantitative estimate of drug-likeness (QED) is 0.705. The number of aromatic amines is 1. The first-order chi connectivity index (χ1) is 11.7. The predicted molar refractivity (Wildman–Crippen MR) is 91.7 cm³/mol. The average molecular weight is 326 g/mol. The molecule has 3 aromatic rings. The second-order valence-corrected chi connectivity index (χ2v) is 5.11. The van der Waals surface area contributed by atoms with E-state index in [4.69, 9.17) is 14.2 Å².